The van der Waals surface area contributed by atoms with Crippen LogP contribution in [0.2, 0.25) is 0 Å². The van der Waals surface area contributed by atoms with Crippen LogP contribution in [-0.2, 0) is 0 Å². The monoisotopic (exact) mass is 272 g/mol. The molecular weight excluding hydrogens is 252 g/mol. The highest BCUT2D eigenvalue weighted by molar-refractivity contribution is 5.70. The minimum Gasteiger partial charge on any atom is -0.496 e. The number of aromatic amines is 1. The number of rotatable bonds is 3. The van der Waals surface area contributed by atoms with E-state index in [0.717, 1.165) is 16.9 Å². The molecule has 1 heterocycles. The van der Waals surface area contributed by atoms with Gasteiger partial charge in [-0.3, -0.25) is 4.79 Å². The second-order valence-electron chi connectivity index (χ2n) is 5.28. The van der Waals surface area contributed by atoms with Gasteiger partial charge in [0, 0.05) is 17.0 Å². The van der Waals surface area contributed by atoms with Gasteiger partial charge in [0.2, 0.25) is 0 Å². The quantitative estimate of drug-likeness (QED) is 0.933. The summed E-state index contributed by atoms with van der Waals surface area (Å²) in [4.78, 5) is 19.5. The molecule has 0 saturated heterocycles. The lowest BCUT2D eigenvalue weighted by molar-refractivity contribution is 0.416. The standard InChI is InChI=1S/C16H20N2O2/c1-9(2)15-17-14(11(4)16(19)18-15)12-8-10(3)6-7-13(12)20-5/h6-9H,1-5H3,(H,17,18,19). The summed E-state index contributed by atoms with van der Waals surface area (Å²) in [5, 5.41) is 0. The van der Waals surface area contributed by atoms with Crippen molar-refractivity contribution in [1.82, 2.24) is 9.97 Å². The molecule has 4 nitrogen and oxygen atoms in total. The minimum absolute atomic E-state index is 0.0951. The lowest BCUT2D eigenvalue weighted by atomic mass is 10.0. The van der Waals surface area contributed by atoms with E-state index in [-0.39, 0.29) is 11.5 Å². The van der Waals surface area contributed by atoms with Gasteiger partial charge in [-0.05, 0) is 26.0 Å². The van der Waals surface area contributed by atoms with E-state index in [2.05, 4.69) is 9.97 Å². The van der Waals surface area contributed by atoms with Crippen molar-refractivity contribution in [3.8, 4) is 17.0 Å². The Kier molecular flexibility index (Phi) is 3.93. The Morgan fingerprint density at radius 2 is 1.95 bits per heavy atom. The van der Waals surface area contributed by atoms with Gasteiger partial charge in [-0.15, -0.1) is 0 Å². The molecule has 0 aliphatic carbocycles. The van der Waals surface area contributed by atoms with E-state index >= 15 is 0 Å². The van der Waals surface area contributed by atoms with Gasteiger partial charge in [0.1, 0.15) is 11.6 Å². The summed E-state index contributed by atoms with van der Waals surface area (Å²) in [6.07, 6.45) is 0. The SMILES string of the molecule is COc1ccc(C)cc1-c1nc(C(C)C)[nH]c(=O)c1C. The molecule has 0 atom stereocenters. The van der Waals surface area contributed by atoms with Crippen LogP contribution in [0.3, 0.4) is 0 Å². The first kappa shape index (κ1) is 14.3. The van der Waals surface area contributed by atoms with Gasteiger partial charge in [-0.2, -0.15) is 0 Å². The number of hydrogen-bond acceptors (Lipinski definition) is 3. The molecule has 20 heavy (non-hydrogen) atoms. The summed E-state index contributed by atoms with van der Waals surface area (Å²) in [6, 6.07) is 5.88. The molecular formula is C16H20N2O2. The van der Waals surface area contributed by atoms with Crippen molar-refractivity contribution in [2.75, 3.05) is 7.11 Å². The molecule has 0 radical (unpaired) electrons. The van der Waals surface area contributed by atoms with Gasteiger partial charge >= 0.3 is 0 Å². The first-order valence-electron chi connectivity index (χ1n) is 6.70. The van der Waals surface area contributed by atoms with Crippen LogP contribution in [-0.4, -0.2) is 17.1 Å². The Morgan fingerprint density at radius 3 is 2.55 bits per heavy atom. The van der Waals surface area contributed by atoms with Gasteiger partial charge in [0.05, 0.1) is 12.8 Å². The average molecular weight is 272 g/mol. The van der Waals surface area contributed by atoms with Crippen molar-refractivity contribution in [3.63, 3.8) is 0 Å². The smallest absolute Gasteiger partial charge is 0.254 e. The Bertz CT molecular complexity index is 687. The first-order chi connectivity index (χ1) is 9.43. The number of aryl methyl sites for hydroxylation is 1. The van der Waals surface area contributed by atoms with Crippen molar-refractivity contribution >= 4 is 0 Å². The van der Waals surface area contributed by atoms with Crippen molar-refractivity contribution in [3.05, 3.63) is 45.5 Å². The lowest BCUT2D eigenvalue weighted by Crippen LogP contribution is -2.17. The maximum Gasteiger partial charge on any atom is 0.254 e. The average Bonchev–Trinajstić information content (AvgIpc) is 2.41. The Labute approximate surface area is 118 Å². The number of H-pyrrole nitrogens is 1. The fourth-order valence-electron chi connectivity index (χ4n) is 2.09. The lowest BCUT2D eigenvalue weighted by Gasteiger charge is -2.13. The molecule has 2 rings (SSSR count). The molecule has 1 aromatic carbocycles. The van der Waals surface area contributed by atoms with Crippen LogP contribution in [0.1, 0.15) is 36.7 Å². The van der Waals surface area contributed by atoms with E-state index in [0.29, 0.717) is 17.1 Å². The van der Waals surface area contributed by atoms with Crippen LogP contribution in [0.15, 0.2) is 23.0 Å². The summed E-state index contributed by atoms with van der Waals surface area (Å²) in [6.45, 7) is 7.80. The predicted molar refractivity (Wildman–Crippen MR) is 80.4 cm³/mol. The van der Waals surface area contributed by atoms with E-state index in [1.807, 2.05) is 39.0 Å². The fraction of sp³-hybridized carbons (Fsp3) is 0.375. The van der Waals surface area contributed by atoms with Crippen LogP contribution < -0.4 is 10.3 Å². The highest BCUT2D eigenvalue weighted by Gasteiger charge is 2.15. The van der Waals surface area contributed by atoms with Crippen molar-refractivity contribution < 1.29 is 4.74 Å². The molecule has 2 aromatic rings. The predicted octanol–water partition coefficient (Wildman–Crippen LogP) is 3.19. The largest absolute Gasteiger partial charge is 0.496 e. The maximum absolute atomic E-state index is 12.1. The molecule has 0 bridgehead atoms. The summed E-state index contributed by atoms with van der Waals surface area (Å²) < 4.78 is 5.40. The van der Waals surface area contributed by atoms with Crippen LogP contribution in [0.4, 0.5) is 0 Å². The van der Waals surface area contributed by atoms with Gasteiger partial charge in [0.25, 0.3) is 5.56 Å². The zero-order chi connectivity index (χ0) is 14.9. The summed E-state index contributed by atoms with van der Waals surface area (Å²) in [7, 11) is 1.63. The third kappa shape index (κ3) is 2.59. The van der Waals surface area contributed by atoms with Crippen LogP contribution in [0, 0.1) is 13.8 Å². The summed E-state index contributed by atoms with van der Waals surface area (Å²) >= 11 is 0. The highest BCUT2D eigenvalue weighted by atomic mass is 16.5. The molecule has 106 valence electrons. The van der Waals surface area contributed by atoms with E-state index < -0.39 is 0 Å². The molecule has 1 N–H and O–H groups in total. The van der Waals surface area contributed by atoms with E-state index in [9.17, 15) is 4.79 Å². The molecule has 0 aliphatic rings. The molecule has 0 unspecified atom stereocenters. The van der Waals surface area contributed by atoms with E-state index in [1.165, 1.54) is 0 Å². The van der Waals surface area contributed by atoms with Gasteiger partial charge in [-0.25, -0.2) is 4.98 Å². The Hall–Kier alpha value is -2.10. The number of methoxy groups -OCH3 is 1. The highest BCUT2D eigenvalue weighted by Crippen LogP contribution is 2.31. The second kappa shape index (κ2) is 5.49. The van der Waals surface area contributed by atoms with Crippen LogP contribution in [0.25, 0.3) is 11.3 Å². The third-order valence-corrected chi connectivity index (χ3v) is 3.33. The summed E-state index contributed by atoms with van der Waals surface area (Å²) in [5.74, 6) is 1.59. The molecule has 0 saturated carbocycles. The second-order valence-corrected chi connectivity index (χ2v) is 5.28. The first-order valence-corrected chi connectivity index (χ1v) is 6.70. The number of nitrogens with one attached hydrogen (secondary N) is 1. The van der Waals surface area contributed by atoms with Crippen molar-refractivity contribution in [1.29, 1.82) is 0 Å². The molecule has 0 fully saturated rings. The fourth-order valence-corrected chi connectivity index (χ4v) is 2.09. The maximum atomic E-state index is 12.1. The van der Waals surface area contributed by atoms with Gasteiger partial charge in [0.15, 0.2) is 0 Å². The number of aromatic nitrogens is 2. The molecule has 0 spiro atoms. The normalized spacial score (nSPS) is 10.9. The minimum atomic E-state index is -0.0951. The molecule has 1 aromatic heterocycles. The number of benzene rings is 1. The van der Waals surface area contributed by atoms with Gasteiger partial charge in [-0.1, -0.05) is 25.5 Å². The molecule has 0 aliphatic heterocycles. The number of hydrogen-bond donors (Lipinski definition) is 1. The van der Waals surface area contributed by atoms with Crippen molar-refractivity contribution in [2.45, 2.75) is 33.6 Å². The molecule has 0 amide bonds. The Morgan fingerprint density at radius 1 is 1.25 bits per heavy atom. The van der Waals surface area contributed by atoms with Crippen molar-refractivity contribution in [2.24, 2.45) is 0 Å². The van der Waals surface area contributed by atoms with E-state index in [1.54, 1.807) is 14.0 Å². The van der Waals surface area contributed by atoms with E-state index in [4.69, 9.17) is 4.74 Å². The van der Waals surface area contributed by atoms with Crippen LogP contribution >= 0.6 is 0 Å². The number of ether oxygens (including phenoxy) is 1. The Balaban J connectivity index is 2.75. The zero-order valence-corrected chi connectivity index (χ0v) is 12.6. The molecule has 4 heteroatoms. The topological polar surface area (TPSA) is 55.0 Å². The van der Waals surface area contributed by atoms with Gasteiger partial charge < -0.3 is 9.72 Å². The zero-order valence-electron chi connectivity index (χ0n) is 12.6. The number of nitrogens with zero attached hydrogens (tertiary/aromatic N) is 1. The van der Waals surface area contributed by atoms with Crippen LogP contribution in [0.5, 0.6) is 5.75 Å². The summed E-state index contributed by atoms with van der Waals surface area (Å²) in [5.41, 5.74) is 3.17. The third-order valence-electron chi connectivity index (χ3n) is 3.33.